The summed E-state index contributed by atoms with van der Waals surface area (Å²) in [6.07, 6.45) is 3.75. The summed E-state index contributed by atoms with van der Waals surface area (Å²) in [4.78, 5) is 11.9. The van der Waals surface area contributed by atoms with Crippen molar-refractivity contribution in [3.63, 3.8) is 0 Å². The highest BCUT2D eigenvalue weighted by atomic mass is 19.1. The van der Waals surface area contributed by atoms with Gasteiger partial charge < -0.3 is 11.1 Å². The summed E-state index contributed by atoms with van der Waals surface area (Å²) in [6, 6.07) is 6.24. The van der Waals surface area contributed by atoms with Gasteiger partial charge in [0, 0.05) is 12.5 Å². The van der Waals surface area contributed by atoms with E-state index in [1.54, 1.807) is 12.1 Å². The van der Waals surface area contributed by atoms with Gasteiger partial charge in [-0.15, -0.1) is 0 Å². The Hall–Kier alpha value is -1.42. The maximum Gasteiger partial charge on any atom is 0.222 e. The predicted molar refractivity (Wildman–Crippen MR) is 72.9 cm³/mol. The van der Waals surface area contributed by atoms with E-state index in [1.807, 2.05) is 6.92 Å². The molecule has 1 aliphatic carbocycles. The first-order valence-corrected chi connectivity index (χ1v) is 6.86. The minimum atomic E-state index is -0.252. The fourth-order valence-electron chi connectivity index (χ4n) is 2.44. The van der Waals surface area contributed by atoms with Crippen LogP contribution in [0.25, 0.3) is 0 Å². The number of nitrogens with two attached hydrogens (primary N) is 1. The molecule has 1 aliphatic rings. The summed E-state index contributed by atoms with van der Waals surface area (Å²) in [6.45, 7) is 1.82. The normalized spacial score (nSPS) is 18.5. The molecule has 1 aromatic rings. The second-order valence-electron chi connectivity index (χ2n) is 5.47. The van der Waals surface area contributed by atoms with Crippen molar-refractivity contribution in [1.82, 2.24) is 5.32 Å². The Morgan fingerprint density at radius 2 is 2.05 bits per heavy atom. The van der Waals surface area contributed by atoms with Gasteiger partial charge in [0.2, 0.25) is 5.91 Å². The Kier molecular flexibility index (Phi) is 4.53. The van der Waals surface area contributed by atoms with Gasteiger partial charge in [-0.3, -0.25) is 4.79 Å². The number of hydrogen-bond donors (Lipinski definition) is 2. The topological polar surface area (TPSA) is 55.1 Å². The number of carbonyl (C=O) groups excluding carboxylic acids is 1. The van der Waals surface area contributed by atoms with Crippen molar-refractivity contribution in [3.05, 3.63) is 35.6 Å². The fraction of sp³-hybridized carbons (Fsp3) is 0.533. The number of hydrogen-bond acceptors (Lipinski definition) is 2. The molecule has 0 aromatic heterocycles. The summed E-state index contributed by atoms with van der Waals surface area (Å²) in [5.74, 6) is 0.178. The third-order valence-corrected chi connectivity index (χ3v) is 3.67. The largest absolute Gasteiger partial charge is 0.349 e. The molecule has 19 heavy (non-hydrogen) atoms. The molecular formula is C15H21FN2O. The van der Waals surface area contributed by atoms with Crippen LogP contribution in [0.4, 0.5) is 4.39 Å². The van der Waals surface area contributed by atoms with E-state index in [1.165, 1.54) is 18.6 Å². The van der Waals surface area contributed by atoms with Gasteiger partial charge in [-0.25, -0.2) is 4.39 Å². The second kappa shape index (κ2) is 6.15. The highest BCUT2D eigenvalue weighted by molar-refractivity contribution is 5.77. The van der Waals surface area contributed by atoms with Crippen LogP contribution in [-0.2, 0) is 4.79 Å². The Balaban J connectivity index is 2.07. The van der Waals surface area contributed by atoms with Crippen LogP contribution in [0.5, 0.6) is 0 Å². The number of benzene rings is 1. The minimum Gasteiger partial charge on any atom is -0.349 e. The van der Waals surface area contributed by atoms with Crippen molar-refractivity contribution in [1.29, 1.82) is 0 Å². The molecule has 2 atom stereocenters. The van der Waals surface area contributed by atoms with Crippen molar-refractivity contribution in [3.8, 4) is 0 Å². The molecule has 0 heterocycles. The van der Waals surface area contributed by atoms with Gasteiger partial charge in [0.05, 0.1) is 6.04 Å². The van der Waals surface area contributed by atoms with Crippen molar-refractivity contribution in [2.24, 2.45) is 11.7 Å². The standard InChI is InChI=1S/C15H21FN2O/c1-10(17)9-14(19)18-15(11-3-2-4-11)12-5-7-13(16)8-6-12/h5-8,10-11,15H,2-4,9,17H2,1H3,(H,18,19). The lowest BCUT2D eigenvalue weighted by atomic mass is 9.77. The molecule has 3 nitrogen and oxygen atoms in total. The Labute approximate surface area is 113 Å². The quantitative estimate of drug-likeness (QED) is 0.858. The van der Waals surface area contributed by atoms with Gasteiger partial charge >= 0.3 is 0 Å². The highest BCUT2D eigenvalue weighted by Gasteiger charge is 2.29. The zero-order chi connectivity index (χ0) is 13.8. The molecule has 2 unspecified atom stereocenters. The van der Waals surface area contributed by atoms with Gasteiger partial charge in [-0.05, 0) is 43.4 Å². The number of nitrogens with one attached hydrogen (secondary N) is 1. The predicted octanol–water partition coefficient (Wildman–Crippen LogP) is 2.52. The number of halogens is 1. The van der Waals surface area contributed by atoms with Crippen molar-refractivity contribution in [2.45, 2.75) is 44.7 Å². The number of amides is 1. The molecule has 1 amide bonds. The second-order valence-corrected chi connectivity index (χ2v) is 5.47. The third-order valence-electron chi connectivity index (χ3n) is 3.67. The van der Waals surface area contributed by atoms with Crippen LogP contribution in [-0.4, -0.2) is 11.9 Å². The first-order chi connectivity index (χ1) is 9.06. The molecule has 4 heteroatoms. The maximum absolute atomic E-state index is 13.0. The summed E-state index contributed by atoms with van der Waals surface area (Å²) in [5.41, 5.74) is 6.62. The molecule has 1 saturated carbocycles. The van der Waals surface area contributed by atoms with Crippen LogP contribution in [0, 0.1) is 11.7 Å². The molecule has 0 radical (unpaired) electrons. The third kappa shape index (κ3) is 3.77. The lowest BCUT2D eigenvalue weighted by molar-refractivity contribution is -0.122. The van der Waals surface area contributed by atoms with Crippen LogP contribution in [0.1, 0.15) is 44.2 Å². The van der Waals surface area contributed by atoms with Crippen molar-refractivity contribution in [2.75, 3.05) is 0 Å². The first-order valence-electron chi connectivity index (χ1n) is 6.86. The summed E-state index contributed by atoms with van der Waals surface area (Å²) in [7, 11) is 0. The van der Waals surface area contributed by atoms with E-state index in [0.29, 0.717) is 12.3 Å². The van der Waals surface area contributed by atoms with Crippen LogP contribution in [0.2, 0.25) is 0 Å². The fourth-order valence-corrected chi connectivity index (χ4v) is 2.44. The molecule has 1 fully saturated rings. The van der Waals surface area contributed by atoms with E-state index in [0.717, 1.165) is 18.4 Å². The van der Waals surface area contributed by atoms with Crippen LogP contribution in [0.15, 0.2) is 24.3 Å². The maximum atomic E-state index is 13.0. The minimum absolute atomic E-state index is 0.0133. The van der Waals surface area contributed by atoms with Crippen LogP contribution in [0.3, 0.4) is 0 Å². The Morgan fingerprint density at radius 3 is 2.53 bits per heavy atom. The molecule has 0 saturated heterocycles. The van der Waals surface area contributed by atoms with E-state index in [4.69, 9.17) is 5.73 Å². The van der Waals surface area contributed by atoms with Crippen LogP contribution < -0.4 is 11.1 Å². The molecule has 104 valence electrons. The summed E-state index contributed by atoms with van der Waals surface area (Å²) in [5, 5.41) is 3.04. The van der Waals surface area contributed by atoms with E-state index < -0.39 is 0 Å². The Bertz CT molecular complexity index is 426. The molecule has 1 aromatic carbocycles. The van der Waals surface area contributed by atoms with Gasteiger partial charge in [-0.1, -0.05) is 18.6 Å². The average Bonchev–Trinajstić information content (AvgIpc) is 2.25. The van der Waals surface area contributed by atoms with E-state index in [9.17, 15) is 9.18 Å². The Morgan fingerprint density at radius 1 is 1.42 bits per heavy atom. The molecule has 2 rings (SSSR count). The molecule has 0 bridgehead atoms. The van der Waals surface area contributed by atoms with Gasteiger partial charge in [0.25, 0.3) is 0 Å². The zero-order valence-corrected chi connectivity index (χ0v) is 11.2. The molecule has 3 N–H and O–H groups in total. The van der Waals surface area contributed by atoms with Gasteiger partial charge in [0.15, 0.2) is 0 Å². The highest BCUT2D eigenvalue weighted by Crippen LogP contribution is 2.37. The number of rotatable bonds is 5. The van der Waals surface area contributed by atoms with Gasteiger partial charge in [-0.2, -0.15) is 0 Å². The monoisotopic (exact) mass is 264 g/mol. The lowest BCUT2D eigenvalue weighted by Crippen LogP contribution is -2.38. The first kappa shape index (κ1) is 14.0. The van der Waals surface area contributed by atoms with E-state index >= 15 is 0 Å². The van der Waals surface area contributed by atoms with Gasteiger partial charge in [0.1, 0.15) is 5.82 Å². The summed E-state index contributed by atoms with van der Waals surface area (Å²) < 4.78 is 13.0. The summed E-state index contributed by atoms with van der Waals surface area (Å²) >= 11 is 0. The number of carbonyl (C=O) groups is 1. The SMILES string of the molecule is CC(N)CC(=O)NC(c1ccc(F)cc1)C1CCC1. The van der Waals surface area contributed by atoms with Crippen LogP contribution >= 0.6 is 0 Å². The van der Waals surface area contributed by atoms with E-state index in [-0.39, 0.29) is 23.8 Å². The smallest absolute Gasteiger partial charge is 0.222 e. The lowest BCUT2D eigenvalue weighted by Gasteiger charge is -2.34. The zero-order valence-electron chi connectivity index (χ0n) is 11.2. The van der Waals surface area contributed by atoms with E-state index in [2.05, 4.69) is 5.32 Å². The molecule has 0 spiro atoms. The van der Waals surface area contributed by atoms with Crippen molar-refractivity contribution < 1.29 is 9.18 Å². The molecular weight excluding hydrogens is 243 g/mol. The van der Waals surface area contributed by atoms with Crippen molar-refractivity contribution >= 4 is 5.91 Å². The molecule has 0 aliphatic heterocycles. The average molecular weight is 264 g/mol.